The maximum Gasteiger partial charge on any atom is 0.418 e. The van der Waals surface area contributed by atoms with E-state index in [0.29, 0.717) is 11.0 Å². The summed E-state index contributed by atoms with van der Waals surface area (Å²) in [5.41, 5.74) is 6.28. The number of hydrogen-bond acceptors (Lipinski definition) is 1. The summed E-state index contributed by atoms with van der Waals surface area (Å²) in [7, 11) is 0. The van der Waals surface area contributed by atoms with E-state index in [9.17, 15) is 18.4 Å². The van der Waals surface area contributed by atoms with Gasteiger partial charge in [-0.2, -0.15) is 18.4 Å². The van der Waals surface area contributed by atoms with E-state index in [1.54, 1.807) is 4.57 Å². The minimum atomic E-state index is -4.68. The van der Waals surface area contributed by atoms with Crippen molar-refractivity contribution in [3.8, 4) is 23.1 Å². The Balaban J connectivity index is 1.32. The Hall–Kier alpha value is -6.78. The van der Waals surface area contributed by atoms with Gasteiger partial charge in [-0.3, -0.25) is 0 Å². The molecule has 0 saturated heterocycles. The molecule has 7 aromatic carbocycles. The lowest BCUT2D eigenvalue weighted by Gasteiger charge is -2.16. The predicted molar refractivity (Wildman–Crippen MR) is 199 cm³/mol. The van der Waals surface area contributed by atoms with Gasteiger partial charge in [-0.15, -0.1) is 0 Å². The van der Waals surface area contributed by atoms with Gasteiger partial charge in [-0.1, -0.05) is 72.8 Å². The number of benzene rings is 7. The summed E-state index contributed by atoms with van der Waals surface area (Å²) in [4.78, 5) is 0. The molecular weight excluding hydrogens is 642 g/mol. The molecule has 10 aromatic rings. The number of hydrogen-bond donors (Lipinski definition) is 0. The van der Waals surface area contributed by atoms with Gasteiger partial charge in [-0.05, 0) is 78.9 Å². The maximum atomic E-state index is 14.7. The first-order chi connectivity index (χ1) is 24.9. The molecule has 0 fully saturated rings. The molecule has 0 saturated carbocycles. The molecule has 0 radical (unpaired) electrons. The van der Waals surface area contributed by atoms with Crippen LogP contribution in [-0.4, -0.2) is 13.7 Å². The van der Waals surface area contributed by atoms with E-state index < -0.39 is 11.7 Å². The molecule has 4 nitrogen and oxygen atoms in total. The van der Waals surface area contributed by atoms with Crippen molar-refractivity contribution in [1.82, 2.24) is 13.7 Å². The van der Waals surface area contributed by atoms with Crippen LogP contribution >= 0.6 is 0 Å². The Morgan fingerprint density at radius 2 is 0.804 bits per heavy atom. The van der Waals surface area contributed by atoms with Crippen LogP contribution in [0.2, 0.25) is 0 Å². The van der Waals surface area contributed by atoms with Gasteiger partial charge >= 0.3 is 6.18 Å². The fraction of sp³-hybridized carbons (Fsp3) is 0.0227. The van der Waals surface area contributed by atoms with Crippen molar-refractivity contribution in [1.29, 1.82) is 5.26 Å². The Kier molecular flexibility index (Phi) is 6.07. The van der Waals surface area contributed by atoms with Crippen molar-refractivity contribution in [2.45, 2.75) is 6.18 Å². The van der Waals surface area contributed by atoms with Crippen molar-refractivity contribution in [2.75, 3.05) is 0 Å². The maximum absolute atomic E-state index is 14.7. The van der Waals surface area contributed by atoms with Crippen LogP contribution in [0.25, 0.3) is 82.5 Å². The fourth-order valence-corrected chi connectivity index (χ4v) is 7.97. The Morgan fingerprint density at radius 1 is 0.412 bits per heavy atom. The number of alkyl halides is 3. The van der Waals surface area contributed by atoms with E-state index in [0.717, 1.165) is 71.8 Å². The van der Waals surface area contributed by atoms with Crippen LogP contribution in [0.4, 0.5) is 13.2 Å². The van der Waals surface area contributed by atoms with Gasteiger partial charge in [0.1, 0.15) is 0 Å². The average molecular weight is 667 g/mol. The van der Waals surface area contributed by atoms with Crippen molar-refractivity contribution in [3.05, 3.63) is 163 Å². The summed E-state index contributed by atoms with van der Waals surface area (Å²) in [5, 5.41) is 15.6. The molecule has 7 heteroatoms. The summed E-state index contributed by atoms with van der Waals surface area (Å²) >= 11 is 0. The van der Waals surface area contributed by atoms with Crippen molar-refractivity contribution < 1.29 is 13.2 Å². The first kappa shape index (κ1) is 29.2. The minimum Gasteiger partial charge on any atom is -0.309 e. The summed E-state index contributed by atoms with van der Waals surface area (Å²) in [5.74, 6) is 0. The van der Waals surface area contributed by atoms with E-state index in [-0.39, 0.29) is 11.3 Å². The molecule has 0 N–H and O–H groups in total. The van der Waals surface area contributed by atoms with Crippen molar-refractivity contribution in [3.63, 3.8) is 0 Å². The molecule has 51 heavy (non-hydrogen) atoms. The lowest BCUT2D eigenvalue weighted by atomic mass is 10.1. The lowest BCUT2D eigenvalue weighted by Crippen LogP contribution is -2.11. The third-order valence-corrected chi connectivity index (χ3v) is 10.1. The van der Waals surface area contributed by atoms with Crippen molar-refractivity contribution in [2.24, 2.45) is 0 Å². The number of nitriles is 1. The smallest absolute Gasteiger partial charge is 0.309 e. The standard InChI is InChI=1S/C44H25F3N4/c45-44(46,47)36-23-27(26-48)17-20-43(36)51-41-21-18-28(49-37-13-5-1-9-30(37)31-10-2-6-14-38(31)49)24-34(41)35-25-29(19-22-42(35)51)50-39-15-7-3-11-32(39)33-12-4-8-16-40(33)50/h1-25H. The molecule has 0 unspecified atom stereocenters. The van der Waals surface area contributed by atoms with Gasteiger partial charge in [0.2, 0.25) is 0 Å². The molecule has 0 bridgehead atoms. The largest absolute Gasteiger partial charge is 0.418 e. The van der Waals surface area contributed by atoms with Crippen LogP contribution in [0.15, 0.2) is 152 Å². The number of halogens is 3. The molecule has 0 aliphatic heterocycles. The third kappa shape index (κ3) is 4.20. The number of fused-ring (bicyclic) bond motifs is 9. The zero-order valence-corrected chi connectivity index (χ0v) is 26.9. The summed E-state index contributed by atoms with van der Waals surface area (Å²) in [6.45, 7) is 0. The van der Waals surface area contributed by atoms with E-state index >= 15 is 0 Å². The average Bonchev–Trinajstić information content (AvgIpc) is 3.79. The lowest BCUT2D eigenvalue weighted by molar-refractivity contribution is -0.137. The van der Waals surface area contributed by atoms with E-state index in [2.05, 4.69) is 69.8 Å². The first-order valence-corrected chi connectivity index (χ1v) is 16.6. The normalized spacial score (nSPS) is 12.2. The molecule has 0 aliphatic carbocycles. The van der Waals surface area contributed by atoms with Gasteiger partial charge in [0.05, 0.1) is 56.0 Å². The van der Waals surface area contributed by atoms with Crippen molar-refractivity contribution >= 4 is 65.4 Å². The summed E-state index contributed by atoms with van der Waals surface area (Å²) < 4.78 is 50.3. The highest BCUT2D eigenvalue weighted by Gasteiger charge is 2.35. The fourth-order valence-electron chi connectivity index (χ4n) is 7.97. The molecule has 0 atom stereocenters. The Bertz CT molecular complexity index is 2820. The number of nitrogens with zero attached hydrogens (tertiary/aromatic N) is 4. The monoisotopic (exact) mass is 666 g/mol. The molecule has 3 aromatic heterocycles. The molecule has 0 aliphatic rings. The third-order valence-electron chi connectivity index (χ3n) is 10.1. The number of aromatic nitrogens is 3. The van der Waals surface area contributed by atoms with Gasteiger partial charge in [-0.25, -0.2) is 0 Å². The van der Waals surface area contributed by atoms with E-state index in [1.807, 2.05) is 78.9 Å². The first-order valence-electron chi connectivity index (χ1n) is 16.6. The predicted octanol–water partition coefficient (Wildman–Crippen LogP) is 11.9. The van der Waals surface area contributed by atoms with Gasteiger partial charge in [0.15, 0.2) is 0 Å². The minimum absolute atomic E-state index is 0.0317. The Morgan fingerprint density at radius 3 is 1.20 bits per heavy atom. The topological polar surface area (TPSA) is 38.6 Å². The number of para-hydroxylation sites is 4. The molecule has 0 spiro atoms. The van der Waals surface area contributed by atoms with Crippen LogP contribution in [0, 0.1) is 11.3 Å². The second kappa shape index (κ2) is 10.6. The zero-order valence-electron chi connectivity index (χ0n) is 26.9. The highest BCUT2D eigenvalue weighted by Crippen LogP contribution is 2.42. The highest BCUT2D eigenvalue weighted by atomic mass is 19.4. The van der Waals surface area contributed by atoms with Gasteiger partial charge in [0, 0.05) is 43.7 Å². The van der Waals surface area contributed by atoms with Crippen LogP contribution in [0.3, 0.4) is 0 Å². The number of rotatable bonds is 3. The molecular formula is C44H25F3N4. The molecule has 10 rings (SSSR count). The quantitative estimate of drug-likeness (QED) is 0.185. The van der Waals surface area contributed by atoms with Gasteiger partial charge in [0.25, 0.3) is 0 Å². The molecule has 242 valence electrons. The zero-order chi connectivity index (χ0) is 34.4. The highest BCUT2D eigenvalue weighted by molar-refractivity contribution is 6.14. The van der Waals surface area contributed by atoms with Crippen LogP contribution < -0.4 is 0 Å². The second-order valence-corrected chi connectivity index (χ2v) is 12.8. The van der Waals surface area contributed by atoms with Crippen LogP contribution in [0.5, 0.6) is 0 Å². The van der Waals surface area contributed by atoms with E-state index in [1.165, 1.54) is 12.1 Å². The Labute approximate surface area is 289 Å². The molecule has 0 amide bonds. The van der Waals surface area contributed by atoms with Crippen LogP contribution in [-0.2, 0) is 6.18 Å². The summed E-state index contributed by atoms with van der Waals surface area (Å²) in [6.07, 6.45) is -4.68. The molecule has 3 heterocycles. The summed E-state index contributed by atoms with van der Waals surface area (Å²) in [6, 6.07) is 50.6. The van der Waals surface area contributed by atoms with E-state index in [4.69, 9.17) is 0 Å². The second-order valence-electron chi connectivity index (χ2n) is 12.8. The SMILES string of the molecule is N#Cc1ccc(-n2c3ccc(-n4c5ccccc5c5ccccc54)cc3c3cc(-n4c5ccccc5c5ccccc54)ccc32)c(C(F)(F)F)c1. The van der Waals surface area contributed by atoms with Crippen LogP contribution in [0.1, 0.15) is 11.1 Å². The van der Waals surface area contributed by atoms with Gasteiger partial charge < -0.3 is 13.7 Å².